The molecule has 1 nitrogen and oxygen atoms in total. The minimum atomic E-state index is 0.0457. The molecule has 1 atom stereocenters. The van der Waals surface area contributed by atoms with Gasteiger partial charge in [0.1, 0.15) is 5.75 Å². The van der Waals surface area contributed by atoms with Crippen molar-refractivity contribution in [3.63, 3.8) is 0 Å². The third kappa shape index (κ3) is 3.51. The van der Waals surface area contributed by atoms with Crippen molar-refractivity contribution in [2.24, 2.45) is 5.41 Å². The van der Waals surface area contributed by atoms with E-state index in [1.54, 1.807) is 6.07 Å². The largest absolute Gasteiger partial charge is 0.508 e. The molecule has 2 aromatic carbocycles. The second kappa shape index (κ2) is 5.96. The SMILES string of the molecule is CC(C)(C)C(C=Cc1ccccc1)c1ccccc1O. The zero-order chi connectivity index (χ0) is 14.6. The van der Waals surface area contributed by atoms with Crippen LogP contribution >= 0.6 is 0 Å². The highest BCUT2D eigenvalue weighted by Crippen LogP contribution is 2.40. The molecule has 0 bridgehead atoms. The molecule has 104 valence electrons. The Bertz CT molecular complexity index is 576. The number of aromatic hydroxyl groups is 1. The number of phenols is 1. The minimum Gasteiger partial charge on any atom is -0.508 e. The predicted molar refractivity (Wildman–Crippen MR) is 85.8 cm³/mol. The van der Waals surface area contributed by atoms with Gasteiger partial charge in [-0.2, -0.15) is 0 Å². The van der Waals surface area contributed by atoms with Crippen molar-refractivity contribution in [1.82, 2.24) is 0 Å². The van der Waals surface area contributed by atoms with Gasteiger partial charge >= 0.3 is 0 Å². The van der Waals surface area contributed by atoms with Gasteiger partial charge in [0.05, 0.1) is 0 Å². The maximum Gasteiger partial charge on any atom is 0.119 e. The highest BCUT2D eigenvalue weighted by molar-refractivity contribution is 5.52. The molecule has 20 heavy (non-hydrogen) atoms. The molecule has 0 spiro atoms. The molecule has 0 aliphatic carbocycles. The normalized spacial score (nSPS) is 13.6. The number of hydrogen-bond acceptors (Lipinski definition) is 1. The Labute approximate surface area is 121 Å². The summed E-state index contributed by atoms with van der Waals surface area (Å²) in [6.07, 6.45) is 4.31. The van der Waals surface area contributed by atoms with Crippen LogP contribution in [-0.4, -0.2) is 5.11 Å². The number of para-hydroxylation sites is 1. The van der Waals surface area contributed by atoms with Gasteiger partial charge < -0.3 is 5.11 Å². The Kier molecular flexibility index (Phi) is 4.29. The van der Waals surface area contributed by atoms with Gasteiger partial charge in [-0.3, -0.25) is 0 Å². The average molecular weight is 266 g/mol. The fraction of sp³-hybridized carbons (Fsp3) is 0.263. The molecule has 2 rings (SSSR count). The first-order valence-corrected chi connectivity index (χ1v) is 6.99. The van der Waals surface area contributed by atoms with Crippen LogP contribution in [-0.2, 0) is 0 Å². The minimum absolute atomic E-state index is 0.0457. The Balaban J connectivity index is 2.35. The van der Waals surface area contributed by atoms with Crippen LogP contribution in [0.1, 0.15) is 37.8 Å². The van der Waals surface area contributed by atoms with Gasteiger partial charge in [-0.1, -0.05) is 81.5 Å². The lowest BCUT2D eigenvalue weighted by Gasteiger charge is -2.29. The molecular weight excluding hydrogens is 244 g/mol. The highest BCUT2D eigenvalue weighted by atomic mass is 16.3. The standard InChI is InChI=1S/C19H22O/c1-19(2,3)17(16-11-7-8-12-18(16)20)14-13-15-9-5-4-6-10-15/h4-14,17,20H,1-3H3. The van der Waals surface area contributed by atoms with Crippen LogP contribution in [0.15, 0.2) is 60.7 Å². The van der Waals surface area contributed by atoms with Crippen molar-refractivity contribution in [2.75, 3.05) is 0 Å². The third-order valence-electron chi connectivity index (χ3n) is 3.49. The molecule has 0 heterocycles. The molecule has 1 N–H and O–H groups in total. The summed E-state index contributed by atoms with van der Waals surface area (Å²) < 4.78 is 0. The van der Waals surface area contributed by atoms with Crippen LogP contribution in [0, 0.1) is 5.41 Å². The summed E-state index contributed by atoms with van der Waals surface area (Å²) in [6.45, 7) is 6.58. The number of benzene rings is 2. The summed E-state index contributed by atoms with van der Waals surface area (Å²) in [6, 6.07) is 17.8. The first-order chi connectivity index (χ1) is 9.48. The topological polar surface area (TPSA) is 20.2 Å². The van der Waals surface area contributed by atoms with E-state index < -0.39 is 0 Å². The quantitative estimate of drug-likeness (QED) is 0.806. The Morgan fingerprint density at radius 1 is 0.900 bits per heavy atom. The summed E-state index contributed by atoms with van der Waals surface area (Å²) in [4.78, 5) is 0. The molecule has 1 unspecified atom stereocenters. The van der Waals surface area contributed by atoms with Crippen LogP contribution < -0.4 is 0 Å². The van der Waals surface area contributed by atoms with E-state index in [0.717, 1.165) is 5.56 Å². The zero-order valence-corrected chi connectivity index (χ0v) is 12.4. The van der Waals surface area contributed by atoms with Gasteiger partial charge in [-0.15, -0.1) is 0 Å². The van der Waals surface area contributed by atoms with Crippen molar-refractivity contribution >= 4 is 6.08 Å². The van der Waals surface area contributed by atoms with E-state index in [1.807, 2.05) is 36.4 Å². The maximum absolute atomic E-state index is 10.1. The fourth-order valence-electron chi connectivity index (χ4n) is 2.38. The number of rotatable bonds is 3. The lowest BCUT2D eigenvalue weighted by Crippen LogP contribution is -2.16. The smallest absolute Gasteiger partial charge is 0.119 e. The molecule has 0 radical (unpaired) electrons. The maximum atomic E-state index is 10.1. The number of phenolic OH excluding ortho intramolecular Hbond substituents is 1. The summed E-state index contributed by atoms with van der Waals surface area (Å²) in [5.41, 5.74) is 2.20. The van der Waals surface area contributed by atoms with Gasteiger partial charge in [0.25, 0.3) is 0 Å². The zero-order valence-electron chi connectivity index (χ0n) is 12.4. The first-order valence-electron chi connectivity index (χ1n) is 6.99. The van der Waals surface area contributed by atoms with Crippen molar-refractivity contribution in [2.45, 2.75) is 26.7 Å². The lowest BCUT2D eigenvalue weighted by atomic mass is 9.76. The van der Waals surface area contributed by atoms with Crippen molar-refractivity contribution in [1.29, 1.82) is 0 Å². The van der Waals surface area contributed by atoms with E-state index in [4.69, 9.17) is 0 Å². The van der Waals surface area contributed by atoms with Gasteiger partial charge in [-0.05, 0) is 17.0 Å². The summed E-state index contributed by atoms with van der Waals surface area (Å²) in [5.74, 6) is 0.536. The van der Waals surface area contributed by atoms with Crippen LogP contribution in [0.4, 0.5) is 0 Å². The second-order valence-corrected chi connectivity index (χ2v) is 6.17. The van der Waals surface area contributed by atoms with Crippen LogP contribution in [0.25, 0.3) is 6.08 Å². The van der Waals surface area contributed by atoms with Crippen LogP contribution in [0.2, 0.25) is 0 Å². The Hall–Kier alpha value is -2.02. The van der Waals surface area contributed by atoms with Crippen molar-refractivity contribution in [3.05, 3.63) is 71.8 Å². The highest BCUT2D eigenvalue weighted by Gasteiger charge is 2.25. The Morgan fingerprint density at radius 2 is 1.50 bits per heavy atom. The van der Waals surface area contributed by atoms with E-state index in [2.05, 4.69) is 45.1 Å². The molecule has 0 saturated carbocycles. The van der Waals surface area contributed by atoms with Crippen molar-refractivity contribution < 1.29 is 5.11 Å². The monoisotopic (exact) mass is 266 g/mol. The molecular formula is C19H22O. The number of allylic oxidation sites excluding steroid dienone is 1. The van der Waals surface area contributed by atoms with Crippen LogP contribution in [0.5, 0.6) is 5.75 Å². The van der Waals surface area contributed by atoms with Gasteiger partial charge in [0, 0.05) is 11.5 Å². The summed E-state index contributed by atoms with van der Waals surface area (Å²) in [5, 5.41) is 10.1. The van der Waals surface area contributed by atoms with E-state index in [-0.39, 0.29) is 11.3 Å². The van der Waals surface area contributed by atoms with Gasteiger partial charge in [-0.25, -0.2) is 0 Å². The number of hydrogen-bond donors (Lipinski definition) is 1. The first kappa shape index (κ1) is 14.4. The Morgan fingerprint density at radius 3 is 2.10 bits per heavy atom. The summed E-state index contributed by atoms with van der Waals surface area (Å²) >= 11 is 0. The molecule has 0 aliphatic rings. The second-order valence-electron chi connectivity index (χ2n) is 6.17. The average Bonchev–Trinajstić information content (AvgIpc) is 2.41. The van der Waals surface area contributed by atoms with E-state index in [0.29, 0.717) is 5.75 Å². The van der Waals surface area contributed by atoms with Gasteiger partial charge in [0.2, 0.25) is 0 Å². The van der Waals surface area contributed by atoms with E-state index in [1.165, 1.54) is 5.56 Å². The third-order valence-corrected chi connectivity index (χ3v) is 3.49. The van der Waals surface area contributed by atoms with E-state index >= 15 is 0 Å². The molecule has 0 amide bonds. The van der Waals surface area contributed by atoms with Gasteiger partial charge in [0.15, 0.2) is 0 Å². The molecule has 2 aromatic rings. The molecule has 1 heteroatoms. The molecule has 0 fully saturated rings. The van der Waals surface area contributed by atoms with Crippen molar-refractivity contribution in [3.8, 4) is 5.75 Å². The molecule has 0 aliphatic heterocycles. The lowest BCUT2D eigenvalue weighted by molar-refractivity contribution is 0.355. The molecule has 0 aromatic heterocycles. The summed E-state index contributed by atoms with van der Waals surface area (Å²) in [7, 11) is 0. The molecule has 0 saturated heterocycles. The van der Waals surface area contributed by atoms with E-state index in [9.17, 15) is 5.11 Å². The van der Waals surface area contributed by atoms with Crippen LogP contribution in [0.3, 0.4) is 0 Å². The fourth-order valence-corrected chi connectivity index (χ4v) is 2.38. The predicted octanol–water partition coefficient (Wildman–Crippen LogP) is 5.24.